The lowest BCUT2D eigenvalue weighted by molar-refractivity contribution is 0.00336. The molecule has 3 atom stereocenters. The van der Waals surface area contributed by atoms with Gasteiger partial charge < -0.3 is 15.0 Å². The highest BCUT2D eigenvalue weighted by Crippen LogP contribution is 2.35. The third-order valence-corrected chi connectivity index (χ3v) is 4.04. The number of ether oxygens (including phenoxy) is 1. The van der Waals surface area contributed by atoms with E-state index in [1.165, 1.54) is 19.3 Å². The van der Waals surface area contributed by atoms with Gasteiger partial charge in [-0.3, -0.25) is 0 Å². The van der Waals surface area contributed by atoms with E-state index in [0.29, 0.717) is 24.6 Å². The van der Waals surface area contributed by atoms with E-state index in [-0.39, 0.29) is 6.09 Å². The van der Waals surface area contributed by atoms with Gasteiger partial charge >= 0.3 is 6.09 Å². The summed E-state index contributed by atoms with van der Waals surface area (Å²) in [5.74, 6) is 0.600. The summed E-state index contributed by atoms with van der Waals surface area (Å²) in [7, 11) is 0. The predicted molar refractivity (Wildman–Crippen MR) is 55.6 cm³/mol. The minimum absolute atomic E-state index is 0.0770. The summed E-state index contributed by atoms with van der Waals surface area (Å²) in [6.45, 7) is 2.63. The van der Waals surface area contributed by atoms with Crippen molar-refractivity contribution in [1.29, 1.82) is 0 Å². The van der Waals surface area contributed by atoms with Crippen LogP contribution >= 0.6 is 0 Å². The highest BCUT2D eigenvalue weighted by molar-refractivity contribution is 5.69. The number of hydrogen-bond donors (Lipinski definition) is 1. The lowest BCUT2D eigenvalue weighted by Gasteiger charge is -2.40. The van der Waals surface area contributed by atoms with Crippen LogP contribution in [0.5, 0.6) is 0 Å². The first-order chi connectivity index (χ1) is 7.36. The molecule has 0 aromatic carbocycles. The Hall–Kier alpha value is -0.770. The summed E-state index contributed by atoms with van der Waals surface area (Å²) in [5.41, 5.74) is 0. The molecule has 3 rings (SSSR count). The largest absolute Gasteiger partial charge is 0.449 e. The monoisotopic (exact) mass is 210 g/mol. The smallest absolute Gasteiger partial charge is 0.410 e. The van der Waals surface area contributed by atoms with E-state index in [1.807, 2.05) is 4.90 Å². The van der Waals surface area contributed by atoms with Gasteiger partial charge in [-0.15, -0.1) is 0 Å². The van der Waals surface area contributed by atoms with E-state index < -0.39 is 0 Å². The molecule has 0 radical (unpaired) electrons. The van der Waals surface area contributed by atoms with E-state index in [2.05, 4.69) is 5.32 Å². The van der Waals surface area contributed by atoms with Crippen molar-refractivity contribution in [3.63, 3.8) is 0 Å². The number of nitrogens with zero attached hydrogens (tertiary/aromatic N) is 1. The van der Waals surface area contributed by atoms with Gasteiger partial charge in [0.2, 0.25) is 0 Å². The average molecular weight is 210 g/mol. The van der Waals surface area contributed by atoms with Gasteiger partial charge in [-0.1, -0.05) is 6.42 Å². The molecule has 2 aliphatic heterocycles. The molecule has 3 unspecified atom stereocenters. The second kappa shape index (κ2) is 3.67. The molecule has 2 saturated heterocycles. The molecule has 1 saturated carbocycles. The van der Waals surface area contributed by atoms with Crippen LogP contribution in [-0.2, 0) is 4.74 Å². The zero-order valence-corrected chi connectivity index (χ0v) is 8.95. The molecular formula is C11H18N2O2. The zero-order valence-electron chi connectivity index (χ0n) is 8.95. The van der Waals surface area contributed by atoms with Crippen molar-refractivity contribution in [2.45, 2.75) is 37.8 Å². The van der Waals surface area contributed by atoms with E-state index in [4.69, 9.17) is 4.74 Å². The predicted octanol–water partition coefficient (Wildman–Crippen LogP) is 0.969. The molecule has 84 valence electrons. The SMILES string of the molecule is O=C1OCC2CCCC2N1C1CCNC1. The van der Waals surface area contributed by atoms with Crippen molar-refractivity contribution in [2.24, 2.45) is 5.92 Å². The fraction of sp³-hybridized carbons (Fsp3) is 0.909. The van der Waals surface area contributed by atoms with Crippen molar-refractivity contribution in [3.8, 4) is 0 Å². The van der Waals surface area contributed by atoms with Gasteiger partial charge in [-0.2, -0.15) is 0 Å². The Kier molecular flexibility index (Phi) is 2.31. The van der Waals surface area contributed by atoms with Gasteiger partial charge in [-0.05, 0) is 25.8 Å². The Morgan fingerprint density at radius 2 is 2.27 bits per heavy atom. The van der Waals surface area contributed by atoms with Crippen molar-refractivity contribution in [3.05, 3.63) is 0 Å². The summed E-state index contributed by atoms with van der Waals surface area (Å²) in [5, 5.41) is 3.32. The standard InChI is InChI=1S/C11H18N2O2/c14-11-13(9-4-5-12-6-9)10-3-1-2-8(10)7-15-11/h8-10,12H,1-7H2. The fourth-order valence-corrected chi connectivity index (χ4v) is 3.26. The second-order valence-electron chi connectivity index (χ2n) is 4.89. The van der Waals surface area contributed by atoms with Crippen LogP contribution in [0.3, 0.4) is 0 Å². The van der Waals surface area contributed by atoms with Crippen LogP contribution < -0.4 is 5.32 Å². The molecule has 1 amide bonds. The van der Waals surface area contributed by atoms with Crippen molar-refractivity contribution in [1.82, 2.24) is 10.2 Å². The molecule has 3 aliphatic rings. The Labute approximate surface area is 90.0 Å². The number of cyclic esters (lactones) is 1. The van der Waals surface area contributed by atoms with Gasteiger partial charge in [-0.25, -0.2) is 4.79 Å². The number of nitrogens with one attached hydrogen (secondary N) is 1. The number of hydrogen-bond acceptors (Lipinski definition) is 3. The first-order valence-corrected chi connectivity index (χ1v) is 6.02. The molecule has 2 heterocycles. The maximum absolute atomic E-state index is 11.8. The molecule has 4 nitrogen and oxygen atoms in total. The lowest BCUT2D eigenvalue weighted by atomic mass is 10.00. The van der Waals surface area contributed by atoms with Crippen LogP contribution in [0.1, 0.15) is 25.7 Å². The summed E-state index contributed by atoms with van der Waals surface area (Å²) in [6.07, 6.45) is 4.66. The molecule has 0 aromatic rings. The van der Waals surface area contributed by atoms with Crippen LogP contribution in [-0.4, -0.2) is 42.8 Å². The molecule has 0 bridgehead atoms. The third-order valence-electron chi connectivity index (χ3n) is 4.04. The highest BCUT2D eigenvalue weighted by atomic mass is 16.6. The molecule has 0 spiro atoms. The van der Waals surface area contributed by atoms with Gasteiger partial charge in [0.1, 0.15) is 0 Å². The van der Waals surface area contributed by atoms with Gasteiger partial charge in [0.25, 0.3) is 0 Å². The van der Waals surface area contributed by atoms with E-state index in [9.17, 15) is 4.79 Å². The normalized spacial score (nSPS) is 40.4. The highest BCUT2D eigenvalue weighted by Gasteiger charge is 2.43. The number of rotatable bonds is 1. The van der Waals surface area contributed by atoms with E-state index in [1.54, 1.807) is 0 Å². The second-order valence-corrected chi connectivity index (χ2v) is 4.89. The first kappa shape index (κ1) is 9.46. The molecule has 0 aromatic heterocycles. The summed E-state index contributed by atoms with van der Waals surface area (Å²) in [4.78, 5) is 13.8. The minimum atomic E-state index is -0.0770. The zero-order chi connectivity index (χ0) is 10.3. The van der Waals surface area contributed by atoms with Gasteiger partial charge in [0, 0.05) is 24.5 Å². The van der Waals surface area contributed by atoms with E-state index in [0.717, 1.165) is 19.5 Å². The van der Waals surface area contributed by atoms with Crippen molar-refractivity contribution < 1.29 is 9.53 Å². The maximum atomic E-state index is 11.8. The van der Waals surface area contributed by atoms with Crippen LogP contribution in [0.2, 0.25) is 0 Å². The molecule has 1 N–H and O–H groups in total. The number of carbonyl (C=O) groups is 1. The summed E-state index contributed by atoms with van der Waals surface area (Å²) < 4.78 is 5.28. The fourth-order valence-electron chi connectivity index (χ4n) is 3.26. The molecule has 15 heavy (non-hydrogen) atoms. The van der Waals surface area contributed by atoms with Crippen LogP contribution in [0.25, 0.3) is 0 Å². The number of amides is 1. The molecule has 4 heteroatoms. The van der Waals surface area contributed by atoms with Crippen molar-refractivity contribution in [2.75, 3.05) is 19.7 Å². The van der Waals surface area contributed by atoms with E-state index >= 15 is 0 Å². The summed E-state index contributed by atoms with van der Waals surface area (Å²) in [6, 6.07) is 0.847. The quantitative estimate of drug-likeness (QED) is 0.701. The lowest BCUT2D eigenvalue weighted by Crippen LogP contribution is -2.54. The summed E-state index contributed by atoms with van der Waals surface area (Å²) >= 11 is 0. The maximum Gasteiger partial charge on any atom is 0.410 e. The molecular weight excluding hydrogens is 192 g/mol. The Morgan fingerprint density at radius 3 is 3.07 bits per heavy atom. The Balaban J connectivity index is 1.79. The first-order valence-electron chi connectivity index (χ1n) is 6.02. The van der Waals surface area contributed by atoms with Crippen LogP contribution in [0, 0.1) is 5.92 Å². The average Bonchev–Trinajstić information content (AvgIpc) is 2.85. The Morgan fingerprint density at radius 1 is 1.33 bits per heavy atom. The Bertz CT molecular complexity index is 263. The minimum Gasteiger partial charge on any atom is -0.449 e. The topological polar surface area (TPSA) is 41.6 Å². The van der Waals surface area contributed by atoms with Crippen LogP contribution in [0.4, 0.5) is 4.79 Å². The van der Waals surface area contributed by atoms with Gasteiger partial charge in [0.05, 0.1) is 6.61 Å². The van der Waals surface area contributed by atoms with Crippen LogP contribution in [0.15, 0.2) is 0 Å². The third kappa shape index (κ3) is 1.51. The van der Waals surface area contributed by atoms with Gasteiger partial charge in [0.15, 0.2) is 0 Å². The molecule has 3 fully saturated rings. The number of carbonyl (C=O) groups excluding carboxylic acids is 1. The van der Waals surface area contributed by atoms with Crippen molar-refractivity contribution >= 4 is 6.09 Å². The molecule has 1 aliphatic carbocycles. The number of fused-ring (bicyclic) bond motifs is 1.